The zero-order valence-corrected chi connectivity index (χ0v) is 8.41. The van der Waals surface area contributed by atoms with Gasteiger partial charge in [-0.3, -0.25) is 9.59 Å². The summed E-state index contributed by atoms with van der Waals surface area (Å²) in [7, 11) is 0. The lowest BCUT2D eigenvalue weighted by Gasteiger charge is -2.13. The Morgan fingerprint density at radius 2 is 2.36 bits per heavy atom. The molecule has 0 spiro atoms. The molecule has 0 aliphatic carbocycles. The molecule has 0 aromatic carbocycles. The van der Waals surface area contributed by atoms with Gasteiger partial charge in [-0.15, -0.1) is 0 Å². The van der Waals surface area contributed by atoms with Gasteiger partial charge >= 0.3 is 5.97 Å². The van der Waals surface area contributed by atoms with Gasteiger partial charge in [0, 0.05) is 6.08 Å². The van der Waals surface area contributed by atoms with E-state index in [1.54, 1.807) is 6.92 Å². The van der Waals surface area contributed by atoms with Crippen LogP contribution in [-0.2, 0) is 19.1 Å². The Balaban J connectivity index is 2.66. The van der Waals surface area contributed by atoms with Gasteiger partial charge in [-0.2, -0.15) is 0 Å². The zero-order valence-electron chi connectivity index (χ0n) is 8.41. The zero-order chi connectivity index (χ0) is 10.6. The van der Waals surface area contributed by atoms with E-state index in [1.807, 2.05) is 6.92 Å². The lowest BCUT2D eigenvalue weighted by molar-refractivity contribution is -0.148. The first-order valence-corrected chi connectivity index (χ1v) is 4.72. The lowest BCUT2D eigenvalue weighted by atomic mass is 10.0. The van der Waals surface area contributed by atoms with Gasteiger partial charge in [0.1, 0.15) is 11.7 Å². The molecule has 0 N–H and O–H groups in total. The molecule has 0 saturated heterocycles. The Hall–Kier alpha value is -1.32. The minimum atomic E-state index is -0.429. The van der Waals surface area contributed by atoms with Crippen molar-refractivity contribution in [3.8, 4) is 0 Å². The number of ketones is 1. The molecule has 1 aliphatic rings. The predicted octanol–water partition coefficient (Wildman–Crippen LogP) is 1.06. The van der Waals surface area contributed by atoms with E-state index >= 15 is 0 Å². The predicted molar refractivity (Wildman–Crippen MR) is 49.5 cm³/mol. The second-order valence-corrected chi connectivity index (χ2v) is 3.01. The number of carbonyl (C=O) groups excluding carboxylic acids is 2. The number of hydrogen-bond acceptors (Lipinski definition) is 4. The minimum absolute atomic E-state index is 0.0469. The highest BCUT2D eigenvalue weighted by Gasteiger charge is 2.28. The van der Waals surface area contributed by atoms with Crippen LogP contribution < -0.4 is 0 Å². The van der Waals surface area contributed by atoms with Crippen molar-refractivity contribution in [2.45, 2.75) is 20.3 Å². The van der Waals surface area contributed by atoms with E-state index in [-0.39, 0.29) is 18.4 Å². The fourth-order valence-electron chi connectivity index (χ4n) is 1.32. The Labute approximate surface area is 82.9 Å². The van der Waals surface area contributed by atoms with Crippen molar-refractivity contribution >= 4 is 11.8 Å². The topological polar surface area (TPSA) is 52.6 Å². The maximum atomic E-state index is 11.4. The van der Waals surface area contributed by atoms with Crippen LogP contribution >= 0.6 is 0 Å². The van der Waals surface area contributed by atoms with Crippen LogP contribution in [0.2, 0.25) is 0 Å². The van der Waals surface area contributed by atoms with Crippen LogP contribution in [0.25, 0.3) is 0 Å². The third-order valence-electron chi connectivity index (χ3n) is 2.01. The van der Waals surface area contributed by atoms with Gasteiger partial charge in [-0.05, 0) is 13.3 Å². The Morgan fingerprint density at radius 1 is 1.64 bits per heavy atom. The molecule has 0 fully saturated rings. The quantitative estimate of drug-likeness (QED) is 0.634. The van der Waals surface area contributed by atoms with Crippen molar-refractivity contribution in [2.75, 3.05) is 13.2 Å². The van der Waals surface area contributed by atoms with E-state index in [0.29, 0.717) is 18.8 Å². The fraction of sp³-hybridized carbons (Fsp3) is 0.600. The molecule has 0 radical (unpaired) electrons. The first-order chi connectivity index (χ1) is 6.69. The van der Waals surface area contributed by atoms with Crippen molar-refractivity contribution in [3.05, 3.63) is 11.8 Å². The maximum absolute atomic E-state index is 11.4. The van der Waals surface area contributed by atoms with Gasteiger partial charge in [-0.25, -0.2) is 0 Å². The normalized spacial score (nSPS) is 17.3. The summed E-state index contributed by atoms with van der Waals surface area (Å²) >= 11 is 0. The molecular formula is C10H14O4. The molecule has 0 aromatic rings. The fourth-order valence-corrected chi connectivity index (χ4v) is 1.32. The molecule has 0 bridgehead atoms. The number of hydrogen-bond donors (Lipinski definition) is 0. The minimum Gasteiger partial charge on any atom is -0.489 e. The molecule has 1 atom stereocenters. The van der Waals surface area contributed by atoms with E-state index in [9.17, 15) is 9.59 Å². The first kappa shape index (κ1) is 10.8. The van der Waals surface area contributed by atoms with Crippen LogP contribution in [0, 0.1) is 5.92 Å². The van der Waals surface area contributed by atoms with E-state index in [0.717, 1.165) is 0 Å². The van der Waals surface area contributed by atoms with Crippen LogP contribution in [0.4, 0.5) is 0 Å². The van der Waals surface area contributed by atoms with Crippen LogP contribution in [0.1, 0.15) is 20.3 Å². The molecule has 1 rings (SSSR count). The smallest absolute Gasteiger partial charge is 0.316 e. The second kappa shape index (κ2) is 4.79. The highest BCUT2D eigenvalue weighted by Crippen LogP contribution is 2.21. The number of carbonyl (C=O) groups is 2. The van der Waals surface area contributed by atoms with E-state index < -0.39 is 5.92 Å². The summed E-state index contributed by atoms with van der Waals surface area (Å²) in [6.45, 7) is 4.00. The molecule has 0 amide bonds. The number of rotatable bonds is 4. The summed E-state index contributed by atoms with van der Waals surface area (Å²) in [4.78, 5) is 22.3. The van der Waals surface area contributed by atoms with Gasteiger partial charge in [0.05, 0.1) is 6.61 Å². The van der Waals surface area contributed by atoms with Crippen molar-refractivity contribution in [1.82, 2.24) is 0 Å². The Kier molecular flexibility index (Phi) is 3.68. The second-order valence-electron chi connectivity index (χ2n) is 3.01. The van der Waals surface area contributed by atoms with E-state index in [2.05, 4.69) is 0 Å². The summed E-state index contributed by atoms with van der Waals surface area (Å²) in [6.07, 6.45) is 1.96. The Bertz CT molecular complexity index is 267. The molecule has 78 valence electrons. The van der Waals surface area contributed by atoms with Crippen molar-refractivity contribution < 1.29 is 19.1 Å². The summed E-state index contributed by atoms with van der Waals surface area (Å²) in [5, 5.41) is 0. The van der Waals surface area contributed by atoms with Crippen molar-refractivity contribution in [1.29, 1.82) is 0 Å². The molecule has 4 heteroatoms. The van der Waals surface area contributed by atoms with Crippen molar-refractivity contribution in [2.24, 2.45) is 5.92 Å². The van der Waals surface area contributed by atoms with Crippen LogP contribution in [0.3, 0.4) is 0 Å². The average molecular weight is 198 g/mol. The maximum Gasteiger partial charge on any atom is 0.316 e. The standard InChI is InChI=1S/C10H14O4/c1-3-8(10(12)13-4-2)9-5-7(11)6-14-9/h5,8H,3-4,6H2,1-2H3. The van der Waals surface area contributed by atoms with Crippen molar-refractivity contribution in [3.63, 3.8) is 0 Å². The van der Waals surface area contributed by atoms with E-state index in [4.69, 9.17) is 9.47 Å². The Morgan fingerprint density at radius 3 is 2.79 bits per heavy atom. The molecule has 1 unspecified atom stereocenters. The highest BCUT2D eigenvalue weighted by atomic mass is 16.5. The van der Waals surface area contributed by atoms with Gasteiger partial charge in [-0.1, -0.05) is 6.92 Å². The summed E-state index contributed by atoms with van der Waals surface area (Å²) in [5.74, 6) is -0.406. The molecule has 1 aliphatic heterocycles. The average Bonchev–Trinajstić information content (AvgIpc) is 2.54. The molecule has 1 heterocycles. The van der Waals surface area contributed by atoms with Gasteiger partial charge in [0.2, 0.25) is 0 Å². The van der Waals surface area contributed by atoms with Crippen LogP contribution in [0.15, 0.2) is 11.8 Å². The third kappa shape index (κ3) is 2.34. The highest BCUT2D eigenvalue weighted by molar-refractivity contribution is 5.94. The van der Waals surface area contributed by atoms with Gasteiger partial charge in [0.25, 0.3) is 0 Å². The molecular weight excluding hydrogens is 184 g/mol. The third-order valence-corrected chi connectivity index (χ3v) is 2.01. The van der Waals surface area contributed by atoms with Gasteiger partial charge < -0.3 is 9.47 Å². The SMILES string of the molecule is CCOC(=O)C(CC)C1=CC(=O)CO1. The van der Waals surface area contributed by atoms with E-state index in [1.165, 1.54) is 6.08 Å². The number of ether oxygens (including phenoxy) is 2. The van der Waals surface area contributed by atoms with Gasteiger partial charge in [0.15, 0.2) is 12.4 Å². The van der Waals surface area contributed by atoms with Crippen LogP contribution in [0.5, 0.6) is 0 Å². The molecule has 4 nitrogen and oxygen atoms in total. The summed E-state index contributed by atoms with van der Waals surface area (Å²) < 4.78 is 9.97. The summed E-state index contributed by atoms with van der Waals surface area (Å²) in [5.41, 5.74) is 0. The largest absolute Gasteiger partial charge is 0.489 e. The first-order valence-electron chi connectivity index (χ1n) is 4.72. The summed E-state index contributed by atoms with van der Waals surface area (Å²) in [6, 6.07) is 0. The lowest BCUT2D eigenvalue weighted by Crippen LogP contribution is -2.19. The molecule has 0 aromatic heterocycles. The van der Waals surface area contributed by atoms with Crippen LogP contribution in [-0.4, -0.2) is 25.0 Å². The number of esters is 1. The molecule has 0 saturated carbocycles. The molecule has 14 heavy (non-hydrogen) atoms. The monoisotopic (exact) mass is 198 g/mol.